The molecule has 0 saturated carbocycles. The number of hydrogen-bond donors (Lipinski definition) is 1. The highest BCUT2D eigenvalue weighted by molar-refractivity contribution is 7.98. The number of benzene rings is 1. The molecule has 1 rings (SSSR count). The summed E-state index contributed by atoms with van der Waals surface area (Å²) in [6, 6.07) is 2.60. The SMILES string of the molecule is CSc1cc(C(=O)O)c(F)cc1C. The monoisotopic (exact) mass is 200 g/mol. The van der Waals surface area contributed by atoms with Crippen molar-refractivity contribution < 1.29 is 14.3 Å². The minimum atomic E-state index is -1.23. The Hall–Kier alpha value is -1.03. The topological polar surface area (TPSA) is 37.3 Å². The summed E-state index contributed by atoms with van der Waals surface area (Å²) in [5, 5.41) is 8.63. The molecule has 1 N–H and O–H groups in total. The van der Waals surface area contributed by atoms with Crippen molar-refractivity contribution >= 4 is 17.7 Å². The molecule has 1 aromatic carbocycles. The van der Waals surface area contributed by atoms with Crippen LogP contribution in [0.4, 0.5) is 4.39 Å². The molecule has 70 valence electrons. The summed E-state index contributed by atoms with van der Waals surface area (Å²) in [7, 11) is 0. The van der Waals surface area contributed by atoms with E-state index in [4.69, 9.17) is 5.11 Å². The average Bonchev–Trinajstić information content (AvgIpc) is 2.03. The first kappa shape index (κ1) is 10.1. The van der Waals surface area contributed by atoms with Gasteiger partial charge in [-0.15, -0.1) is 11.8 Å². The van der Waals surface area contributed by atoms with Crippen molar-refractivity contribution in [2.75, 3.05) is 6.26 Å². The zero-order valence-corrected chi connectivity index (χ0v) is 8.11. The summed E-state index contributed by atoms with van der Waals surface area (Å²) >= 11 is 1.41. The Morgan fingerprint density at radius 3 is 2.62 bits per heavy atom. The van der Waals surface area contributed by atoms with Gasteiger partial charge in [0, 0.05) is 4.90 Å². The Labute approximate surface area is 79.8 Å². The Balaban J connectivity index is 3.30. The Morgan fingerprint density at radius 1 is 1.54 bits per heavy atom. The van der Waals surface area contributed by atoms with Crippen LogP contribution in [0.5, 0.6) is 0 Å². The molecule has 0 aliphatic heterocycles. The number of hydrogen-bond acceptors (Lipinski definition) is 2. The van der Waals surface area contributed by atoms with E-state index in [-0.39, 0.29) is 5.56 Å². The zero-order chi connectivity index (χ0) is 10.0. The highest BCUT2D eigenvalue weighted by Crippen LogP contribution is 2.23. The van der Waals surface area contributed by atoms with Crippen LogP contribution in [-0.2, 0) is 0 Å². The molecule has 0 spiro atoms. The molecule has 0 radical (unpaired) electrons. The normalized spacial score (nSPS) is 10.1. The summed E-state index contributed by atoms with van der Waals surface area (Å²) in [5.41, 5.74) is 0.491. The molecule has 4 heteroatoms. The largest absolute Gasteiger partial charge is 0.478 e. The lowest BCUT2D eigenvalue weighted by molar-refractivity contribution is 0.0691. The van der Waals surface area contributed by atoms with Gasteiger partial charge in [0.25, 0.3) is 0 Å². The van der Waals surface area contributed by atoms with Crippen molar-refractivity contribution in [3.63, 3.8) is 0 Å². The van der Waals surface area contributed by atoms with E-state index in [9.17, 15) is 9.18 Å². The second-order valence-electron chi connectivity index (χ2n) is 2.61. The Kier molecular flexibility index (Phi) is 2.93. The van der Waals surface area contributed by atoms with Gasteiger partial charge in [-0.1, -0.05) is 0 Å². The highest BCUT2D eigenvalue weighted by Gasteiger charge is 2.12. The number of carboxylic acids is 1. The standard InChI is InChI=1S/C9H9FO2S/c1-5-3-7(10)6(9(11)12)4-8(5)13-2/h3-4H,1-2H3,(H,11,12). The van der Waals surface area contributed by atoms with Crippen LogP contribution >= 0.6 is 11.8 Å². The van der Waals surface area contributed by atoms with Crippen LogP contribution in [0.25, 0.3) is 0 Å². The molecule has 2 nitrogen and oxygen atoms in total. The predicted octanol–water partition coefficient (Wildman–Crippen LogP) is 2.55. The first-order chi connectivity index (χ1) is 6.06. The van der Waals surface area contributed by atoms with Gasteiger partial charge in [-0.2, -0.15) is 0 Å². The van der Waals surface area contributed by atoms with Gasteiger partial charge >= 0.3 is 5.97 Å². The van der Waals surface area contributed by atoms with Crippen molar-refractivity contribution in [3.05, 3.63) is 29.1 Å². The first-order valence-corrected chi connectivity index (χ1v) is 4.86. The van der Waals surface area contributed by atoms with Crippen LogP contribution in [0.2, 0.25) is 0 Å². The molecule has 0 aliphatic carbocycles. The summed E-state index contributed by atoms with van der Waals surface area (Å²) in [6.45, 7) is 1.75. The Morgan fingerprint density at radius 2 is 2.15 bits per heavy atom. The van der Waals surface area contributed by atoms with Gasteiger partial charge in [0.2, 0.25) is 0 Å². The van der Waals surface area contributed by atoms with Gasteiger partial charge in [-0.3, -0.25) is 0 Å². The smallest absolute Gasteiger partial charge is 0.338 e. The molecule has 0 amide bonds. The molecular weight excluding hydrogens is 191 g/mol. The van der Waals surface area contributed by atoms with Crippen molar-refractivity contribution in [2.45, 2.75) is 11.8 Å². The van der Waals surface area contributed by atoms with Crippen LogP contribution in [-0.4, -0.2) is 17.3 Å². The van der Waals surface area contributed by atoms with Gasteiger partial charge in [0.15, 0.2) is 0 Å². The van der Waals surface area contributed by atoms with E-state index in [1.165, 1.54) is 23.9 Å². The number of carbonyl (C=O) groups is 1. The minimum Gasteiger partial charge on any atom is -0.478 e. The average molecular weight is 200 g/mol. The number of aryl methyl sites for hydroxylation is 1. The second-order valence-corrected chi connectivity index (χ2v) is 3.45. The molecule has 0 atom stereocenters. The van der Waals surface area contributed by atoms with E-state index in [0.717, 1.165) is 10.5 Å². The second kappa shape index (κ2) is 3.79. The fourth-order valence-electron chi connectivity index (χ4n) is 1.04. The first-order valence-electron chi connectivity index (χ1n) is 3.63. The van der Waals surface area contributed by atoms with Crippen molar-refractivity contribution in [1.82, 2.24) is 0 Å². The van der Waals surface area contributed by atoms with E-state index < -0.39 is 11.8 Å². The number of carboxylic acid groups (broad SMARTS) is 1. The maximum absolute atomic E-state index is 13.0. The summed E-state index contributed by atoms with van der Waals surface area (Å²) in [6.07, 6.45) is 1.83. The van der Waals surface area contributed by atoms with Gasteiger partial charge in [0.05, 0.1) is 5.56 Å². The van der Waals surface area contributed by atoms with E-state index in [0.29, 0.717) is 0 Å². The van der Waals surface area contributed by atoms with E-state index in [1.54, 1.807) is 6.92 Å². The third-order valence-corrected chi connectivity index (χ3v) is 2.59. The van der Waals surface area contributed by atoms with Gasteiger partial charge in [0.1, 0.15) is 5.82 Å². The molecule has 1 aromatic rings. The number of rotatable bonds is 2. The molecule has 0 saturated heterocycles. The molecule has 0 heterocycles. The van der Waals surface area contributed by atoms with Crippen molar-refractivity contribution in [1.29, 1.82) is 0 Å². The maximum Gasteiger partial charge on any atom is 0.338 e. The number of thioether (sulfide) groups is 1. The van der Waals surface area contributed by atoms with E-state index >= 15 is 0 Å². The van der Waals surface area contributed by atoms with Crippen LogP contribution in [0.3, 0.4) is 0 Å². The predicted molar refractivity (Wildman–Crippen MR) is 49.9 cm³/mol. The Bertz CT molecular complexity index is 350. The highest BCUT2D eigenvalue weighted by atomic mass is 32.2. The minimum absolute atomic E-state index is 0.269. The quantitative estimate of drug-likeness (QED) is 0.745. The molecule has 0 fully saturated rings. The van der Waals surface area contributed by atoms with Crippen LogP contribution in [0, 0.1) is 12.7 Å². The van der Waals surface area contributed by atoms with Crippen LogP contribution in [0.15, 0.2) is 17.0 Å². The molecule has 0 aromatic heterocycles. The van der Waals surface area contributed by atoms with Crippen LogP contribution < -0.4 is 0 Å². The lowest BCUT2D eigenvalue weighted by Gasteiger charge is -2.04. The summed E-state index contributed by atoms with van der Waals surface area (Å²) < 4.78 is 13.0. The number of aromatic carboxylic acids is 1. The molecule has 0 unspecified atom stereocenters. The third-order valence-electron chi connectivity index (χ3n) is 1.71. The lowest BCUT2D eigenvalue weighted by Crippen LogP contribution is -2.01. The maximum atomic E-state index is 13.0. The van der Waals surface area contributed by atoms with Crippen molar-refractivity contribution in [3.8, 4) is 0 Å². The molecular formula is C9H9FO2S. The molecule has 0 bridgehead atoms. The number of halogens is 1. The van der Waals surface area contributed by atoms with Crippen LogP contribution in [0.1, 0.15) is 15.9 Å². The summed E-state index contributed by atoms with van der Waals surface area (Å²) in [4.78, 5) is 11.3. The van der Waals surface area contributed by atoms with Crippen molar-refractivity contribution in [2.24, 2.45) is 0 Å². The lowest BCUT2D eigenvalue weighted by atomic mass is 10.1. The van der Waals surface area contributed by atoms with Gasteiger partial charge in [-0.25, -0.2) is 9.18 Å². The summed E-state index contributed by atoms with van der Waals surface area (Å²) in [5.74, 6) is -1.91. The van der Waals surface area contributed by atoms with Gasteiger partial charge < -0.3 is 5.11 Å². The van der Waals surface area contributed by atoms with E-state index in [1.807, 2.05) is 6.26 Å². The van der Waals surface area contributed by atoms with Gasteiger partial charge in [-0.05, 0) is 30.9 Å². The van der Waals surface area contributed by atoms with E-state index in [2.05, 4.69) is 0 Å². The molecule has 13 heavy (non-hydrogen) atoms. The fraction of sp³-hybridized carbons (Fsp3) is 0.222. The zero-order valence-electron chi connectivity index (χ0n) is 7.30. The molecule has 0 aliphatic rings. The third kappa shape index (κ3) is 2.01. The fourth-order valence-corrected chi connectivity index (χ4v) is 1.65.